The summed E-state index contributed by atoms with van der Waals surface area (Å²) in [6.45, 7) is 4.75. The predicted octanol–water partition coefficient (Wildman–Crippen LogP) is 2.42. The molecule has 1 unspecified atom stereocenters. The van der Waals surface area contributed by atoms with Gasteiger partial charge in [-0.25, -0.2) is 0 Å². The van der Waals surface area contributed by atoms with E-state index in [2.05, 4.69) is 0 Å². The van der Waals surface area contributed by atoms with Crippen LogP contribution >= 0.6 is 0 Å². The van der Waals surface area contributed by atoms with Gasteiger partial charge in [-0.15, -0.1) is 0 Å². The summed E-state index contributed by atoms with van der Waals surface area (Å²) in [5.74, 6) is 0.624. The maximum Gasteiger partial charge on any atom is 0.135 e. The van der Waals surface area contributed by atoms with Gasteiger partial charge in [0.05, 0.1) is 0 Å². The second kappa shape index (κ2) is 7.29. The Hall–Kier alpha value is -0.370. The number of carbonyl (C=O) groups excluding carboxylic acids is 1. The van der Waals surface area contributed by atoms with Crippen molar-refractivity contribution in [2.24, 2.45) is 5.92 Å². The van der Waals surface area contributed by atoms with Gasteiger partial charge in [0, 0.05) is 26.1 Å². The molecule has 0 bridgehead atoms. The molecule has 1 atom stereocenters. The molecule has 0 aromatic heterocycles. The molecule has 0 heterocycles. The average Bonchev–Trinajstić information content (AvgIpc) is 2.10. The molecule has 0 saturated heterocycles. The van der Waals surface area contributed by atoms with Gasteiger partial charge in [0.1, 0.15) is 5.78 Å². The fourth-order valence-electron chi connectivity index (χ4n) is 1.21. The van der Waals surface area contributed by atoms with Crippen LogP contribution in [0.2, 0.25) is 0 Å². The molecule has 2 nitrogen and oxygen atoms in total. The first-order valence-corrected chi connectivity index (χ1v) is 4.74. The van der Waals surface area contributed by atoms with Crippen molar-refractivity contribution in [3.63, 3.8) is 0 Å². The van der Waals surface area contributed by atoms with E-state index in [0.29, 0.717) is 12.2 Å². The maximum absolute atomic E-state index is 11.1. The number of ether oxygens (including phenoxy) is 1. The lowest BCUT2D eigenvalue weighted by molar-refractivity contribution is -0.122. The Morgan fingerprint density at radius 1 is 1.42 bits per heavy atom. The van der Waals surface area contributed by atoms with Crippen molar-refractivity contribution in [2.45, 2.75) is 39.5 Å². The fraction of sp³-hybridized carbons (Fsp3) is 0.900. The molecule has 0 amide bonds. The lowest BCUT2D eigenvalue weighted by Crippen LogP contribution is -2.09. The number of hydrogen-bond donors (Lipinski definition) is 0. The number of carbonyl (C=O) groups is 1. The first-order chi connectivity index (χ1) is 5.72. The molecular weight excluding hydrogens is 152 g/mol. The molecule has 0 saturated carbocycles. The summed E-state index contributed by atoms with van der Waals surface area (Å²) in [7, 11) is 1.71. The van der Waals surface area contributed by atoms with Crippen LogP contribution in [0.1, 0.15) is 39.5 Å². The number of methoxy groups -OCH3 is 1. The molecule has 0 aliphatic heterocycles. The van der Waals surface area contributed by atoms with E-state index in [-0.39, 0.29) is 5.92 Å². The minimum atomic E-state index is 0.242. The quantitative estimate of drug-likeness (QED) is 0.551. The lowest BCUT2D eigenvalue weighted by atomic mass is 9.98. The summed E-state index contributed by atoms with van der Waals surface area (Å²) in [5.41, 5.74) is 0. The van der Waals surface area contributed by atoms with Crippen molar-refractivity contribution in [1.82, 2.24) is 0 Å². The predicted molar refractivity (Wildman–Crippen MR) is 50.2 cm³/mol. The van der Waals surface area contributed by atoms with Crippen molar-refractivity contribution in [2.75, 3.05) is 13.7 Å². The third kappa shape index (κ3) is 5.30. The monoisotopic (exact) mass is 172 g/mol. The Balaban J connectivity index is 3.31. The molecule has 0 aliphatic carbocycles. The van der Waals surface area contributed by atoms with Crippen molar-refractivity contribution in [3.8, 4) is 0 Å². The number of hydrogen-bond acceptors (Lipinski definition) is 2. The van der Waals surface area contributed by atoms with E-state index in [0.717, 1.165) is 25.9 Å². The number of ketones is 1. The second-order valence-corrected chi connectivity index (χ2v) is 3.21. The minimum absolute atomic E-state index is 0.242. The largest absolute Gasteiger partial charge is 0.385 e. The Kier molecular flexibility index (Phi) is 7.06. The molecule has 72 valence electrons. The highest BCUT2D eigenvalue weighted by atomic mass is 16.5. The Labute approximate surface area is 75.3 Å². The van der Waals surface area contributed by atoms with Crippen LogP contribution in [-0.4, -0.2) is 19.5 Å². The van der Waals surface area contributed by atoms with Gasteiger partial charge in [-0.1, -0.05) is 20.3 Å². The van der Waals surface area contributed by atoms with Crippen LogP contribution in [-0.2, 0) is 9.53 Å². The molecular formula is C10H20O2. The van der Waals surface area contributed by atoms with Gasteiger partial charge in [-0.2, -0.15) is 0 Å². The number of Topliss-reactive ketones (excluding diaryl/α,β-unsaturated/α-hetero) is 1. The van der Waals surface area contributed by atoms with E-state index < -0.39 is 0 Å². The smallest absolute Gasteiger partial charge is 0.135 e. The van der Waals surface area contributed by atoms with Gasteiger partial charge in [0.15, 0.2) is 0 Å². The first kappa shape index (κ1) is 11.6. The first-order valence-electron chi connectivity index (χ1n) is 4.74. The third-order valence-electron chi connectivity index (χ3n) is 2.13. The van der Waals surface area contributed by atoms with Crippen molar-refractivity contribution < 1.29 is 9.53 Å². The van der Waals surface area contributed by atoms with Gasteiger partial charge >= 0.3 is 0 Å². The fourth-order valence-corrected chi connectivity index (χ4v) is 1.21. The SMILES string of the molecule is CCC(=O)C(C)CCCCOC. The van der Waals surface area contributed by atoms with Gasteiger partial charge in [0.2, 0.25) is 0 Å². The van der Waals surface area contributed by atoms with Crippen LogP contribution in [0.25, 0.3) is 0 Å². The molecule has 12 heavy (non-hydrogen) atoms. The highest BCUT2D eigenvalue weighted by Crippen LogP contribution is 2.10. The van der Waals surface area contributed by atoms with E-state index in [9.17, 15) is 4.79 Å². The molecule has 0 spiro atoms. The molecule has 2 heteroatoms. The van der Waals surface area contributed by atoms with Crippen molar-refractivity contribution in [3.05, 3.63) is 0 Å². The van der Waals surface area contributed by atoms with E-state index >= 15 is 0 Å². The van der Waals surface area contributed by atoms with Crippen LogP contribution in [0.15, 0.2) is 0 Å². The minimum Gasteiger partial charge on any atom is -0.385 e. The topological polar surface area (TPSA) is 26.3 Å². The van der Waals surface area contributed by atoms with Crippen LogP contribution in [0, 0.1) is 5.92 Å². The maximum atomic E-state index is 11.1. The molecule has 0 aromatic rings. The zero-order valence-electron chi connectivity index (χ0n) is 8.43. The van der Waals surface area contributed by atoms with E-state index in [1.54, 1.807) is 7.11 Å². The van der Waals surface area contributed by atoms with Gasteiger partial charge in [-0.05, 0) is 12.8 Å². The molecule has 0 rings (SSSR count). The summed E-state index contributed by atoms with van der Waals surface area (Å²) in [4.78, 5) is 11.1. The van der Waals surface area contributed by atoms with Gasteiger partial charge in [-0.3, -0.25) is 4.79 Å². The van der Waals surface area contributed by atoms with Crippen molar-refractivity contribution in [1.29, 1.82) is 0 Å². The van der Waals surface area contributed by atoms with Crippen LogP contribution in [0.3, 0.4) is 0 Å². The summed E-state index contributed by atoms with van der Waals surface area (Å²) in [5, 5.41) is 0. The highest BCUT2D eigenvalue weighted by Gasteiger charge is 2.09. The normalized spacial score (nSPS) is 12.9. The molecule has 0 N–H and O–H groups in total. The van der Waals surface area contributed by atoms with Gasteiger partial charge < -0.3 is 4.74 Å². The van der Waals surface area contributed by atoms with E-state index in [4.69, 9.17) is 4.74 Å². The van der Waals surface area contributed by atoms with E-state index in [1.807, 2.05) is 13.8 Å². The molecule has 0 fully saturated rings. The average molecular weight is 172 g/mol. The molecule has 0 aromatic carbocycles. The second-order valence-electron chi connectivity index (χ2n) is 3.21. The van der Waals surface area contributed by atoms with Gasteiger partial charge in [0.25, 0.3) is 0 Å². The van der Waals surface area contributed by atoms with E-state index in [1.165, 1.54) is 0 Å². The molecule has 0 aliphatic rings. The summed E-state index contributed by atoms with van der Waals surface area (Å²) >= 11 is 0. The Morgan fingerprint density at radius 2 is 2.08 bits per heavy atom. The Bertz CT molecular complexity index is 121. The van der Waals surface area contributed by atoms with Crippen LogP contribution < -0.4 is 0 Å². The number of rotatable bonds is 7. The summed E-state index contributed by atoms with van der Waals surface area (Å²) in [6.07, 6.45) is 3.85. The standard InChI is InChI=1S/C10H20O2/c1-4-10(11)9(2)7-5-6-8-12-3/h9H,4-8H2,1-3H3. The number of unbranched alkanes of at least 4 members (excludes halogenated alkanes) is 1. The summed E-state index contributed by atoms with van der Waals surface area (Å²) in [6, 6.07) is 0. The molecule has 0 radical (unpaired) electrons. The zero-order valence-corrected chi connectivity index (χ0v) is 8.43. The zero-order chi connectivity index (χ0) is 9.40. The highest BCUT2D eigenvalue weighted by molar-refractivity contribution is 5.80. The van der Waals surface area contributed by atoms with Crippen LogP contribution in [0.4, 0.5) is 0 Å². The van der Waals surface area contributed by atoms with Crippen molar-refractivity contribution >= 4 is 5.78 Å². The lowest BCUT2D eigenvalue weighted by Gasteiger charge is -2.07. The Morgan fingerprint density at radius 3 is 2.58 bits per heavy atom. The third-order valence-corrected chi connectivity index (χ3v) is 2.13. The summed E-state index contributed by atoms with van der Waals surface area (Å²) < 4.78 is 4.93. The van der Waals surface area contributed by atoms with Crippen LogP contribution in [0.5, 0.6) is 0 Å².